The first-order valence-electron chi connectivity index (χ1n) is 7.30. The highest BCUT2D eigenvalue weighted by atomic mass is 79.9. The van der Waals surface area contributed by atoms with E-state index in [4.69, 9.17) is 9.15 Å². The van der Waals surface area contributed by atoms with Crippen LogP contribution in [0.25, 0.3) is 11.0 Å². The zero-order chi connectivity index (χ0) is 17.9. The molecule has 1 heterocycles. The fourth-order valence-corrected chi connectivity index (χ4v) is 3.21. The highest BCUT2D eigenvalue weighted by Gasteiger charge is 2.21. The van der Waals surface area contributed by atoms with Crippen molar-refractivity contribution in [2.45, 2.75) is 13.8 Å². The molecule has 0 aliphatic heterocycles. The molecule has 0 aliphatic carbocycles. The minimum Gasteiger partial charge on any atom is -0.507 e. The monoisotopic (exact) mass is 454 g/mol. The molecule has 0 saturated heterocycles. The molecular weight excluding hydrogens is 440 g/mol. The SMILES string of the molecule is CC.COc1ccc(C(=O)c2coc3c(Br)cc(O)c(Br)c23)cc1. The van der Waals surface area contributed by atoms with E-state index in [2.05, 4.69) is 31.9 Å². The predicted octanol–water partition coefficient (Wildman–Crippen LogP) is 5.93. The molecule has 0 saturated carbocycles. The summed E-state index contributed by atoms with van der Waals surface area (Å²) < 4.78 is 11.6. The Kier molecular flexibility index (Phi) is 6.07. The Morgan fingerprint density at radius 2 is 1.79 bits per heavy atom. The summed E-state index contributed by atoms with van der Waals surface area (Å²) in [6, 6.07) is 8.32. The van der Waals surface area contributed by atoms with E-state index in [1.807, 2.05) is 13.8 Å². The number of rotatable bonds is 3. The van der Waals surface area contributed by atoms with Gasteiger partial charge < -0.3 is 14.3 Å². The summed E-state index contributed by atoms with van der Waals surface area (Å²) in [6.07, 6.45) is 1.40. The number of carbonyl (C=O) groups is 1. The second-order valence-electron chi connectivity index (χ2n) is 4.60. The first-order chi connectivity index (χ1) is 11.5. The largest absolute Gasteiger partial charge is 0.507 e. The molecule has 4 nitrogen and oxygen atoms in total. The van der Waals surface area contributed by atoms with Crippen LogP contribution in [0, 0.1) is 0 Å². The molecule has 3 rings (SSSR count). The molecule has 0 atom stereocenters. The van der Waals surface area contributed by atoms with Gasteiger partial charge in [0.1, 0.15) is 23.3 Å². The number of methoxy groups -OCH3 is 1. The molecule has 1 N–H and O–H groups in total. The van der Waals surface area contributed by atoms with Crippen molar-refractivity contribution in [1.82, 2.24) is 0 Å². The van der Waals surface area contributed by atoms with Crippen LogP contribution in [-0.4, -0.2) is 18.0 Å². The molecule has 0 radical (unpaired) electrons. The van der Waals surface area contributed by atoms with Crippen molar-refractivity contribution >= 4 is 48.6 Å². The number of hydrogen-bond acceptors (Lipinski definition) is 4. The number of benzene rings is 2. The topological polar surface area (TPSA) is 59.7 Å². The quantitative estimate of drug-likeness (QED) is 0.497. The average molecular weight is 456 g/mol. The van der Waals surface area contributed by atoms with Crippen LogP contribution in [0.3, 0.4) is 0 Å². The Labute approximate surface area is 156 Å². The molecule has 126 valence electrons. The lowest BCUT2D eigenvalue weighted by Gasteiger charge is -2.04. The van der Waals surface area contributed by atoms with Crippen LogP contribution in [0.2, 0.25) is 0 Å². The number of ketones is 1. The fraction of sp³-hybridized carbons (Fsp3) is 0.167. The predicted molar refractivity (Wildman–Crippen MR) is 101 cm³/mol. The molecule has 3 aromatic rings. The van der Waals surface area contributed by atoms with Crippen LogP contribution < -0.4 is 4.74 Å². The maximum Gasteiger partial charge on any atom is 0.196 e. The normalized spacial score (nSPS) is 10.2. The summed E-state index contributed by atoms with van der Waals surface area (Å²) in [4.78, 5) is 12.7. The lowest BCUT2D eigenvalue weighted by atomic mass is 10.0. The molecular formula is C18H16Br2O4. The molecule has 0 unspecified atom stereocenters. The first kappa shape index (κ1) is 18.5. The van der Waals surface area contributed by atoms with Crippen molar-refractivity contribution in [2.75, 3.05) is 7.11 Å². The average Bonchev–Trinajstić information content (AvgIpc) is 3.07. The van der Waals surface area contributed by atoms with E-state index >= 15 is 0 Å². The van der Waals surface area contributed by atoms with Gasteiger partial charge in [0.25, 0.3) is 0 Å². The minimum absolute atomic E-state index is 0.0320. The molecule has 6 heteroatoms. The van der Waals surface area contributed by atoms with Gasteiger partial charge in [-0.15, -0.1) is 0 Å². The number of halogens is 2. The van der Waals surface area contributed by atoms with Gasteiger partial charge >= 0.3 is 0 Å². The van der Waals surface area contributed by atoms with E-state index in [1.54, 1.807) is 31.4 Å². The van der Waals surface area contributed by atoms with Gasteiger partial charge in [-0.1, -0.05) is 13.8 Å². The van der Waals surface area contributed by atoms with Gasteiger partial charge in [0.05, 0.1) is 27.0 Å². The van der Waals surface area contributed by atoms with Crippen LogP contribution >= 0.6 is 31.9 Å². The lowest BCUT2D eigenvalue weighted by molar-refractivity contribution is 0.103. The van der Waals surface area contributed by atoms with Crippen LogP contribution in [0.5, 0.6) is 11.5 Å². The van der Waals surface area contributed by atoms with Gasteiger partial charge in [-0.2, -0.15) is 0 Å². The molecule has 0 fully saturated rings. The summed E-state index contributed by atoms with van der Waals surface area (Å²) in [5.41, 5.74) is 1.39. The van der Waals surface area contributed by atoms with E-state index in [0.717, 1.165) is 0 Å². The molecule has 0 spiro atoms. The minimum atomic E-state index is -0.195. The standard InChI is InChI=1S/C16H10Br2O4.C2H6/c1-21-9-4-2-8(3-5-9)15(20)10-7-22-16-11(17)6-12(19)14(18)13(10)16;1-2/h2-7,19H,1H3;1-2H3. The Morgan fingerprint density at radius 3 is 2.38 bits per heavy atom. The van der Waals surface area contributed by atoms with Gasteiger partial charge in [-0.05, 0) is 62.2 Å². The number of hydrogen-bond donors (Lipinski definition) is 1. The maximum atomic E-state index is 12.7. The molecule has 1 aromatic heterocycles. The van der Waals surface area contributed by atoms with Crippen molar-refractivity contribution in [1.29, 1.82) is 0 Å². The highest BCUT2D eigenvalue weighted by Crippen LogP contribution is 2.40. The fourth-order valence-electron chi connectivity index (χ4n) is 2.19. The van der Waals surface area contributed by atoms with E-state index in [1.165, 1.54) is 12.3 Å². The van der Waals surface area contributed by atoms with E-state index in [0.29, 0.717) is 36.8 Å². The maximum absolute atomic E-state index is 12.7. The van der Waals surface area contributed by atoms with E-state index < -0.39 is 0 Å². The smallest absolute Gasteiger partial charge is 0.196 e. The molecule has 0 amide bonds. The number of aromatic hydroxyl groups is 1. The second-order valence-corrected chi connectivity index (χ2v) is 6.25. The van der Waals surface area contributed by atoms with E-state index in [-0.39, 0.29) is 11.5 Å². The lowest BCUT2D eigenvalue weighted by Crippen LogP contribution is -2.00. The van der Waals surface area contributed by atoms with Crippen LogP contribution in [0.1, 0.15) is 29.8 Å². The first-order valence-corrected chi connectivity index (χ1v) is 8.88. The van der Waals surface area contributed by atoms with Gasteiger partial charge in [0, 0.05) is 5.56 Å². The van der Waals surface area contributed by atoms with Crippen molar-refractivity contribution in [2.24, 2.45) is 0 Å². The van der Waals surface area contributed by atoms with Gasteiger partial charge in [-0.25, -0.2) is 0 Å². The second kappa shape index (κ2) is 7.85. The van der Waals surface area contributed by atoms with Crippen molar-refractivity contribution in [3.63, 3.8) is 0 Å². The summed E-state index contributed by atoms with van der Waals surface area (Å²) in [5, 5.41) is 10.5. The third-order valence-electron chi connectivity index (χ3n) is 3.31. The van der Waals surface area contributed by atoms with Crippen molar-refractivity contribution in [3.8, 4) is 11.5 Å². The molecule has 24 heavy (non-hydrogen) atoms. The number of furan rings is 1. The van der Waals surface area contributed by atoms with E-state index in [9.17, 15) is 9.90 Å². The number of fused-ring (bicyclic) bond motifs is 1. The third-order valence-corrected chi connectivity index (χ3v) is 4.70. The van der Waals surface area contributed by atoms with Crippen molar-refractivity contribution < 1.29 is 19.1 Å². The Bertz CT molecular complexity index is 867. The highest BCUT2D eigenvalue weighted by molar-refractivity contribution is 9.11. The number of phenolic OH excluding ortho intramolecular Hbond substituents is 1. The third kappa shape index (κ3) is 3.35. The Balaban J connectivity index is 0.00000100. The molecule has 0 aliphatic rings. The molecule has 0 bridgehead atoms. The van der Waals surface area contributed by atoms with Crippen LogP contribution in [0.4, 0.5) is 0 Å². The summed E-state index contributed by atoms with van der Waals surface area (Å²) in [7, 11) is 1.57. The number of ether oxygens (including phenoxy) is 1. The van der Waals surface area contributed by atoms with Crippen LogP contribution in [0.15, 0.2) is 50.0 Å². The van der Waals surface area contributed by atoms with Gasteiger partial charge in [0.15, 0.2) is 5.78 Å². The van der Waals surface area contributed by atoms with Crippen molar-refractivity contribution in [3.05, 3.63) is 56.7 Å². The summed E-state index contributed by atoms with van der Waals surface area (Å²) >= 11 is 6.62. The Hall–Kier alpha value is -1.79. The van der Waals surface area contributed by atoms with Gasteiger partial charge in [-0.3, -0.25) is 4.79 Å². The zero-order valence-electron chi connectivity index (χ0n) is 13.4. The van der Waals surface area contributed by atoms with Crippen LogP contribution in [-0.2, 0) is 0 Å². The summed E-state index contributed by atoms with van der Waals surface area (Å²) in [5.74, 6) is 0.513. The number of carbonyl (C=O) groups excluding carboxylic acids is 1. The summed E-state index contributed by atoms with van der Waals surface area (Å²) in [6.45, 7) is 4.00. The Morgan fingerprint density at radius 1 is 1.17 bits per heavy atom. The van der Waals surface area contributed by atoms with Gasteiger partial charge in [0.2, 0.25) is 0 Å². The molecule has 2 aromatic carbocycles. The zero-order valence-corrected chi connectivity index (χ0v) is 16.6. The number of phenols is 1.